The molecule has 0 atom stereocenters. The minimum absolute atomic E-state index is 0.0951. The largest absolute Gasteiger partial charge is 0.497 e. The molecule has 45 heavy (non-hydrogen) atoms. The average Bonchev–Trinajstić information content (AvgIpc) is 3.42. The number of aryl methyl sites for hydroxylation is 1. The van der Waals surface area contributed by atoms with Gasteiger partial charge in [0.05, 0.1) is 33.2 Å². The number of nitrogens with zero attached hydrogens (tertiary/aromatic N) is 7. The van der Waals surface area contributed by atoms with Crippen LogP contribution in [0.25, 0.3) is 17.2 Å². The highest BCUT2D eigenvalue weighted by atomic mass is 19.1. The molecule has 12 heteroatoms. The Balaban J connectivity index is 1.42. The smallest absolute Gasteiger partial charge is 0.250 e. The quantitative estimate of drug-likeness (QED) is 0.188. The van der Waals surface area contributed by atoms with Crippen LogP contribution in [0.2, 0.25) is 0 Å². The average molecular weight is 607 g/mol. The third-order valence-corrected chi connectivity index (χ3v) is 7.09. The standard InChI is InChI=1S/C33H31FN8O3/c1-21-36-30(29-31(39-28-7-5-6-16-42(28)29)38-24-17-27(34)32(45-4)35-18-24)40-33(37-21)41(19-22-8-12-25(43-2)13-9-22)20-23-10-14-26(44-3)15-11-23/h5-18,38H,19-20H2,1-4H3. The first-order valence-electron chi connectivity index (χ1n) is 14.1. The van der Waals surface area contributed by atoms with Crippen LogP contribution in [0.3, 0.4) is 0 Å². The van der Waals surface area contributed by atoms with Gasteiger partial charge in [-0.25, -0.2) is 19.3 Å². The Hall–Kier alpha value is -5.78. The van der Waals surface area contributed by atoms with E-state index in [0.29, 0.717) is 53.5 Å². The van der Waals surface area contributed by atoms with Gasteiger partial charge >= 0.3 is 0 Å². The Kier molecular flexibility index (Phi) is 8.36. The van der Waals surface area contributed by atoms with Gasteiger partial charge in [0.15, 0.2) is 17.5 Å². The lowest BCUT2D eigenvalue weighted by atomic mass is 10.1. The van der Waals surface area contributed by atoms with Gasteiger partial charge in [0.2, 0.25) is 11.8 Å². The molecule has 2 aromatic carbocycles. The summed E-state index contributed by atoms with van der Waals surface area (Å²) < 4.78 is 32.1. The zero-order valence-electron chi connectivity index (χ0n) is 25.2. The van der Waals surface area contributed by atoms with E-state index >= 15 is 0 Å². The maximum atomic E-state index is 14.5. The number of pyridine rings is 2. The van der Waals surface area contributed by atoms with E-state index in [-0.39, 0.29) is 5.88 Å². The number of ether oxygens (including phenoxy) is 3. The third-order valence-electron chi connectivity index (χ3n) is 7.09. The summed E-state index contributed by atoms with van der Waals surface area (Å²) in [7, 11) is 4.65. The van der Waals surface area contributed by atoms with Crippen LogP contribution in [0.15, 0.2) is 85.2 Å². The molecule has 0 bridgehead atoms. The number of hydrogen-bond acceptors (Lipinski definition) is 10. The Bertz CT molecular complexity index is 1880. The normalized spacial score (nSPS) is 11.0. The molecule has 0 aliphatic rings. The Morgan fingerprint density at radius 2 is 1.47 bits per heavy atom. The minimum atomic E-state index is -0.598. The molecule has 4 aromatic heterocycles. The van der Waals surface area contributed by atoms with E-state index in [9.17, 15) is 4.39 Å². The monoisotopic (exact) mass is 606 g/mol. The molecule has 0 unspecified atom stereocenters. The number of benzene rings is 2. The lowest BCUT2D eigenvalue weighted by Gasteiger charge is -2.24. The first-order chi connectivity index (χ1) is 21.9. The van der Waals surface area contributed by atoms with Gasteiger partial charge in [0.1, 0.15) is 28.7 Å². The van der Waals surface area contributed by atoms with Gasteiger partial charge in [-0.05, 0) is 54.4 Å². The van der Waals surface area contributed by atoms with Crippen molar-refractivity contribution in [2.24, 2.45) is 0 Å². The molecule has 6 rings (SSSR count). The van der Waals surface area contributed by atoms with Gasteiger partial charge in [0, 0.05) is 25.4 Å². The minimum Gasteiger partial charge on any atom is -0.497 e. The molecule has 228 valence electrons. The van der Waals surface area contributed by atoms with Gasteiger partial charge < -0.3 is 24.4 Å². The van der Waals surface area contributed by atoms with Crippen LogP contribution >= 0.6 is 0 Å². The summed E-state index contributed by atoms with van der Waals surface area (Å²) in [5.41, 5.74) is 3.74. The predicted molar refractivity (Wildman–Crippen MR) is 169 cm³/mol. The van der Waals surface area contributed by atoms with E-state index in [0.717, 1.165) is 22.6 Å². The van der Waals surface area contributed by atoms with Gasteiger partial charge in [0.25, 0.3) is 0 Å². The number of fused-ring (bicyclic) bond motifs is 1. The SMILES string of the molecule is COc1ccc(CN(Cc2ccc(OC)cc2)c2nc(C)nc(-c3c(Nc4cnc(OC)c(F)c4)nc4ccccn34)n2)cc1. The molecule has 0 saturated heterocycles. The number of imidazole rings is 1. The molecule has 0 saturated carbocycles. The van der Waals surface area contributed by atoms with Crippen LogP contribution < -0.4 is 24.4 Å². The van der Waals surface area contributed by atoms with Crippen molar-refractivity contribution in [2.45, 2.75) is 20.0 Å². The second kappa shape index (κ2) is 12.8. The van der Waals surface area contributed by atoms with Gasteiger partial charge in [-0.15, -0.1) is 0 Å². The number of methoxy groups -OCH3 is 3. The van der Waals surface area contributed by atoms with Crippen molar-refractivity contribution in [1.82, 2.24) is 29.3 Å². The molecule has 0 amide bonds. The third kappa shape index (κ3) is 6.44. The van der Waals surface area contributed by atoms with Crippen LogP contribution in [-0.2, 0) is 13.1 Å². The fraction of sp³-hybridized carbons (Fsp3) is 0.182. The van der Waals surface area contributed by atoms with Crippen LogP contribution in [0.5, 0.6) is 17.4 Å². The van der Waals surface area contributed by atoms with Crippen molar-refractivity contribution in [2.75, 3.05) is 31.5 Å². The molecular weight excluding hydrogens is 575 g/mol. The number of rotatable bonds is 11. The van der Waals surface area contributed by atoms with E-state index < -0.39 is 5.82 Å². The molecule has 0 aliphatic carbocycles. The van der Waals surface area contributed by atoms with Crippen LogP contribution in [-0.4, -0.2) is 50.6 Å². The molecule has 1 N–H and O–H groups in total. The molecule has 6 aromatic rings. The Morgan fingerprint density at radius 3 is 2.07 bits per heavy atom. The highest BCUT2D eigenvalue weighted by Crippen LogP contribution is 2.31. The van der Waals surface area contributed by atoms with E-state index in [1.165, 1.54) is 19.4 Å². The molecule has 0 spiro atoms. The maximum Gasteiger partial charge on any atom is 0.250 e. The van der Waals surface area contributed by atoms with E-state index in [2.05, 4.69) is 15.2 Å². The highest BCUT2D eigenvalue weighted by molar-refractivity contribution is 5.76. The molecule has 0 aliphatic heterocycles. The zero-order valence-corrected chi connectivity index (χ0v) is 25.2. The Labute approximate surface area is 259 Å². The van der Waals surface area contributed by atoms with Crippen molar-refractivity contribution in [3.05, 3.63) is 108 Å². The summed E-state index contributed by atoms with van der Waals surface area (Å²) in [5.74, 6) is 2.70. The van der Waals surface area contributed by atoms with Crippen molar-refractivity contribution in [3.8, 4) is 28.9 Å². The number of aromatic nitrogens is 6. The topological polar surface area (TPSA) is 112 Å². The molecule has 0 fully saturated rings. The fourth-order valence-corrected chi connectivity index (χ4v) is 4.89. The zero-order chi connectivity index (χ0) is 31.3. The van der Waals surface area contributed by atoms with Gasteiger partial charge in [-0.1, -0.05) is 30.3 Å². The van der Waals surface area contributed by atoms with Crippen molar-refractivity contribution in [3.63, 3.8) is 0 Å². The van der Waals surface area contributed by atoms with Gasteiger partial charge in [-0.2, -0.15) is 9.97 Å². The summed E-state index contributed by atoms with van der Waals surface area (Å²) in [6.07, 6.45) is 3.35. The van der Waals surface area contributed by atoms with Crippen molar-refractivity contribution in [1.29, 1.82) is 0 Å². The first kappa shape index (κ1) is 29.3. The van der Waals surface area contributed by atoms with Crippen LogP contribution in [0.4, 0.5) is 21.8 Å². The van der Waals surface area contributed by atoms with E-state index in [4.69, 9.17) is 34.1 Å². The van der Waals surface area contributed by atoms with Gasteiger partial charge in [-0.3, -0.25) is 4.40 Å². The predicted octanol–water partition coefficient (Wildman–Crippen LogP) is 6.01. The second-order valence-corrected chi connectivity index (χ2v) is 10.1. The fourth-order valence-electron chi connectivity index (χ4n) is 4.89. The van der Waals surface area contributed by atoms with E-state index in [1.807, 2.05) is 84.3 Å². The lowest BCUT2D eigenvalue weighted by Crippen LogP contribution is -2.25. The number of hydrogen-bond donors (Lipinski definition) is 1. The van der Waals surface area contributed by atoms with Crippen molar-refractivity contribution < 1.29 is 18.6 Å². The summed E-state index contributed by atoms with van der Waals surface area (Å²) >= 11 is 0. The summed E-state index contributed by atoms with van der Waals surface area (Å²) in [6, 6.07) is 22.7. The van der Waals surface area contributed by atoms with Crippen LogP contribution in [0, 0.1) is 12.7 Å². The molecule has 4 heterocycles. The summed E-state index contributed by atoms with van der Waals surface area (Å²) in [6.45, 7) is 2.87. The van der Waals surface area contributed by atoms with E-state index in [1.54, 1.807) is 14.2 Å². The maximum absolute atomic E-state index is 14.5. The molecular formula is C33H31FN8O3. The molecule has 11 nitrogen and oxygen atoms in total. The second-order valence-electron chi connectivity index (χ2n) is 10.1. The number of halogens is 1. The summed E-state index contributed by atoms with van der Waals surface area (Å²) in [5, 5.41) is 3.19. The highest BCUT2D eigenvalue weighted by Gasteiger charge is 2.21. The number of anilines is 3. The first-order valence-corrected chi connectivity index (χ1v) is 14.1. The van der Waals surface area contributed by atoms with Crippen molar-refractivity contribution >= 4 is 23.1 Å². The van der Waals surface area contributed by atoms with Crippen LogP contribution in [0.1, 0.15) is 17.0 Å². The summed E-state index contributed by atoms with van der Waals surface area (Å²) in [4.78, 5) is 25.3. The number of nitrogens with one attached hydrogen (secondary N) is 1. The Morgan fingerprint density at radius 1 is 0.800 bits per heavy atom. The molecule has 0 radical (unpaired) electrons. The lowest BCUT2D eigenvalue weighted by molar-refractivity contribution is 0.369.